The number of carbonyl (C=O) groups is 1. The van der Waals surface area contributed by atoms with Gasteiger partial charge in [0.25, 0.3) is 0 Å². The first-order chi connectivity index (χ1) is 10.0. The predicted octanol–water partition coefficient (Wildman–Crippen LogP) is 0.806. The van der Waals surface area contributed by atoms with Crippen molar-refractivity contribution >= 4 is 11.6 Å². The lowest BCUT2D eigenvalue weighted by atomic mass is 10.0. The van der Waals surface area contributed by atoms with E-state index in [0.29, 0.717) is 12.5 Å². The molecule has 114 valence electrons. The highest BCUT2D eigenvalue weighted by Crippen LogP contribution is 2.10. The summed E-state index contributed by atoms with van der Waals surface area (Å²) < 4.78 is 7.40. The minimum atomic E-state index is -0.579. The van der Waals surface area contributed by atoms with Gasteiger partial charge in [-0.15, -0.1) is 5.10 Å². The zero-order valence-electron chi connectivity index (χ0n) is 12.4. The molecule has 0 fully saturated rings. The van der Waals surface area contributed by atoms with Crippen LogP contribution in [0.1, 0.15) is 43.6 Å². The maximum Gasteiger partial charge on any atom is 0.360 e. The summed E-state index contributed by atoms with van der Waals surface area (Å²) in [5.74, 6) is 0.0373. The fourth-order valence-corrected chi connectivity index (χ4v) is 1.89. The molecule has 0 aliphatic rings. The summed E-state index contributed by atoms with van der Waals surface area (Å²) in [4.78, 5) is 27.6. The molecule has 0 radical (unpaired) electrons. The smallest absolute Gasteiger partial charge is 0.360 e. The Morgan fingerprint density at radius 1 is 1.48 bits per heavy atom. The van der Waals surface area contributed by atoms with Crippen LogP contribution in [0.4, 0.5) is 0 Å². The summed E-state index contributed by atoms with van der Waals surface area (Å²) >= 11 is 0. The SMILES string of the molecule is CCC(C)CCCOC(=O)c1ncn2c(=O)n(C)nnc12. The number of aryl methyl sites for hydroxylation is 1. The van der Waals surface area contributed by atoms with Gasteiger partial charge in [-0.25, -0.2) is 19.0 Å². The minimum Gasteiger partial charge on any atom is -0.461 e. The molecule has 0 spiro atoms. The molecule has 8 heteroatoms. The molecule has 0 aliphatic heterocycles. The molecule has 0 saturated carbocycles. The number of ether oxygens (including phenoxy) is 1. The largest absolute Gasteiger partial charge is 0.461 e. The average Bonchev–Trinajstić information content (AvgIpc) is 2.91. The fraction of sp³-hybridized carbons (Fsp3) is 0.615. The lowest BCUT2D eigenvalue weighted by Crippen LogP contribution is -2.27. The van der Waals surface area contributed by atoms with Gasteiger partial charge in [0.1, 0.15) is 6.33 Å². The van der Waals surface area contributed by atoms with Crippen LogP contribution < -0.4 is 5.69 Å². The second-order valence-electron chi connectivity index (χ2n) is 5.07. The number of imidazole rings is 1. The first-order valence-electron chi connectivity index (χ1n) is 6.98. The van der Waals surface area contributed by atoms with Crippen LogP contribution in [0.5, 0.6) is 0 Å². The van der Waals surface area contributed by atoms with Gasteiger partial charge in [-0.05, 0) is 18.8 Å². The van der Waals surface area contributed by atoms with Crippen LogP contribution in [0.3, 0.4) is 0 Å². The summed E-state index contributed by atoms with van der Waals surface area (Å²) in [7, 11) is 1.47. The van der Waals surface area contributed by atoms with Gasteiger partial charge in [0.2, 0.25) is 0 Å². The first kappa shape index (κ1) is 15.1. The van der Waals surface area contributed by atoms with E-state index >= 15 is 0 Å². The van der Waals surface area contributed by atoms with Gasteiger partial charge in [-0.2, -0.15) is 4.68 Å². The van der Waals surface area contributed by atoms with Crippen LogP contribution in [0.2, 0.25) is 0 Å². The van der Waals surface area contributed by atoms with Gasteiger partial charge in [-0.3, -0.25) is 0 Å². The third kappa shape index (κ3) is 3.26. The molecule has 0 aliphatic carbocycles. The Hall–Kier alpha value is -2.25. The number of carbonyl (C=O) groups excluding carboxylic acids is 1. The van der Waals surface area contributed by atoms with Gasteiger partial charge in [0.05, 0.1) is 6.61 Å². The van der Waals surface area contributed by atoms with Gasteiger partial charge in [-0.1, -0.05) is 25.5 Å². The monoisotopic (exact) mass is 293 g/mol. The average molecular weight is 293 g/mol. The van der Waals surface area contributed by atoms with Gasteiger partial charge in [0.15, 0.2) is 11.3 Å². The van der Waals surface area contributed by atoms with E-state index in [0.717, 1.165) is 23.9 Å². The topological polar surface area (TPSA) is 91.4 Å². The first-order valence-corrected chi connectivity index (χ1v) is 6.98. The molecule has 21 heavy (non-hydrogen) atoms. The Bertz CT molecular complexity index is 691. The molecule has 1 atom stereocenters. The van der Waals surface area contributed by atoms with Crippen molar-refractivity contribution in [1.29, 1.82) is 0 Å². The summed E-state index contributed by atoms with van der Waals surface area (Å²) in [6.45, 7) is 4.63. The van der Waals surface area contributed by atoms with Crippen molar-refractivity contribution in [3.63, 3.8) is 0 Å². The maximum atomic E-state index is 12.0. The highest BCUT2D eigenvalue weighted by molar-refractivity contribution is 5.93. The number of esters is 1. The van der Waals surface area contributed by atoms with Crippen molar-refractivity contribution in [3.05, 3.63) is 22.5 Å². The number of fused-ring (bicyclic) bond motifs is 1. The lowest BCUT2D eigenvalue weighted by Gasteiger charge is -2.07. The van der Waals surface area contributed by atoms with E-state index in [1.807, 2.05) is 0 Å². The molecule has 2 aromatic rings. The molecule has 2 rings (SSSR count). The molecule has 8 nitrogen and oxygen atoms in total. The second-order valence-corrected chi connectivity index (χ2v) is 5.07. The van der Waals surface area contributed by atoms with Crippen molar-refractivity contribution in [2.24, 2.45) is 13.0 Å². The molecule has 2 heterocycles. The van der Waals surface area contributed by atoms with E-state index in [1.54, 1.807) is 0 Å². The molecule has 0 aromatic carbocycles. The van der Waals surface area contributed by atoms with Crippen molar-refractivity contribution in [2.45, 2.75) is 33.1 Å². The normalized spacial score (nSPS) is 12.5. The van der Waals surface area contributed by atoms with Crippen LogP contribution in [0.25, 0.3) is 5.65 Å². The molecular weight excluding hydrogens is 274 g/mol. The third-order valence-corrected chi connectivity index (χ3v) is 3.46. The Morgan fingerprint density at radius 3 is 2.95 bits per heavy atom. The Morgan fingerprint density at radius 2 is 2.24 bits per heavy atom. The number of nitrogens with zero attached hydrogens (tertiary/aromatic N) is 5. The quantitative estimate of drug-likeness (QED) is 0.578. The van der Waals surface area contributed by atoms with Crippen LogP contribution in [0.15, 0.2) is 11.1 Å². The molecule has 0 saturated heterocycles. The van der Waals surface area contributed by atoms with E-state index in [9.17, 15) is 9.59 Å². The van der Waals surface area contributed by atoms with Crippen LogP contribution in [0, 0.1) is 5.92 Å². The highest BCUT2D eigenvalue weighted by atomic mass is 16.5. The summed E-state index contributed by atoms with van der Waals surface area (Å²) in [5.41, 5.74) is -0.280. The summed E-state index contributed by atoms with van der Waals surface area (Å²) in [6.07, 6.45) is 4.18. The highest BCUT2D eigenvalue weighted by Gasteiger charge is 2.18. The van der Waals surface area contributed by atoms with Crippen molar-refractivity contribution in [1.82, 2.24) is 24.4 Å². The Labute approximate surface area is 121 Å². The van der Waals surface area contributed by atoms with Crippen LogP contribution in [-0.2, 0) is 11.8 Å². The van der Waals surface area contributed by atoms with Crippen LogP contribution >= 0.6 is 0 Å². The van der Waals surface area contributed by atoms with Crippen molar-refractivity contribution < 1.29 is 9.53 Å². The van der Waals surface area contributed by atoms with E-state index in [1.165, 1.54) is 17.8 Å². The minimum absolute atomic E-state index is 0.0174. The standard InChI is InChI=1S/C13H19N5O3/c1-4-9(2)6-5-7-21-12(19)10-11-15-16-17(3)13(20)18(11)8-14-10/h8-9H,4-7H2,1-3H3. The van der Waals surface area contributed by atoms with Crippen LogP contribution in [-0.4, -0.2) is 37.0 Å². The third-order valence-electron chi connectivity index (χ3n) is 3.46. The van der Waals surface area contributed by atoms with E-state index in [2.05, 4.69) is 29.1 Å². The van der Waals surface area contributed by atoms with Gasteiger partial charge in [0, 0.05) is 7.05 Å². The molecule has 0 bridgehead atoms. The fourth-order valence-electron chi connectivity index (χ4n) is 1.89. The molecular formula is C13H19N5O3. The van der Waals surface area contributed by atoms with Gasteiger partial charge < -0.3 is 4.74 Å². The number of aromatic nitrogens is 5. The Balaban J connectivity index is 2.04. The second kappa shape index (κ2) is 6.47. The zero-order valence-corrected chi connectivity index (χ0v) is 12.4. The number of hydrogen-bond acceptors (Lipinski definition) is 6. The van der Waals surface area contributed by atoms with E-state index < -0.39 is 11.7 Å². The zero-order chi connectivity index (χ0) is 15.4. The number of hydrogen-bond donors (Lipinski definition) is 0. The van der Waals surface area contributed by atoms with Gasteiger partial charge >= 0.3 is 11.7 Å². The molecule has 2 aromatic heterocycles. The Kier molecular flexibility index (Phi) is 4.66. The van der Waals surface area contributed by atoms with Crippen molar-refractivity contribution in [3.8, 4) is 0 Å². The maximum absolute atomic E-state index is 12.0. The molecule has 0 N–H and O–H groups in total. The summed E-state index contributed by atoms with van der Waals surface area (Å²) in [5, 5.41) is 7.44. The molecule has 1 unspecified atom stereocenters. The van der Waals surface area contributed by atoms with Crippen molar-refractivity contribution in [2.75, 3.05) is 6.61 Å². The summed E-state index contributed by atoms with van der Waals surface area (Å²) in [6, 6.07) is 0. The molecule has 0 amide bonds. The lowest BCUT2D eigenvalue weighted by molar-refractivity contribution is 0.0489. The van der Waals surface area contributed by atoms with E-state index in [4.69, 9.17) is 4.74 Å². The predicted molar refractivity (Wildman–Crippen MR) is 75.0 cm³/mol. The van der Waals surface area contributed by atoms with E-state index in [-0.39, 0.29) is 11.3 Å². The number of rotatable bonds is 6.